The summed E-state index contributed by atoms with van der Waals surface area (Å²) in [5.41, 5.74) is 1.93. The zero-order valence-corrected chi connectivity index (χ0v) is 11.7. The monoisotopic (exact) mass is 276 g/mol. The Bertz CT molecular complexity index is 564. The van der Waals surface area contributed by atoms with Gasteiger partial charge in [0, 0.05) is 17.5 Å². The summed E-state index contributed by atoms with van der Waals surface area (Å²) in [6, 6.07) is 11.0. The topological polar surface area (TPSA) is 9.23 Å². The Kier molecular flexibility index (Phi) is 4.72. The Morgan fingerprint density at radius 2 is 1.60 bits per heavy atom. The first kappa shape index (κ1) is 14.5. The molecule has 1 unspecified atom stereocenters. The van der Waals surface area contributed by atoms with Crippen molar-refractivity contribution in [2.24, 2.45) is 0 Å². The molecule has 0 bridgehead atoms. The van der Waals surface area contributed by atoms with Gasteiger partial charge in [0.1, 0.15) is 17.4 Å². The van der Waals surface area contributed by atoms with E-state index in [1.54, 1.807) is 18.2 Å². The lowest BCUT2D eigenvalue weighted by molar-refractivity contribution is 0.333. The number of ether oxygens (including phenoxy) is 1. The number of halogens is 2. The first-order valence-corrected chi connectivity index (χ1v) is 6.83. The second kappa shape index (κ2) is 6.51. The summed E-state index contributed by atoms with van der Waals surface area (Å²) in [5.74, 6) is 0.0559. The van der Waals surface area contributed by atoms with Crippen molar-refractivity contribution in [2.75, 3.05) is 6.61 Å². The second-order valence-electron chi connectivity index (χ2n) is 4.63. The molecular formula is C17H18F2O. The van der Waals surface area contributed by atoms with Crippen LogP contribution in [0.1, 0.15) is 37.3 Å². The third-order valence-electron chi connectivity index (χ3n) is 3.33. The van der Waals surface area contributed by atoms with Crippen molar-refractivity contribution >= 4 is 0 Å². The number of hydrogen-bond donors (Lipinski definition) is 0. The molecule has 0 aliphatic carbocycles. The van der Waals surface area contributed by atoms with E-state index in [0.29, 0.717) is 12.4 Å². The van der Waals surface area contributed by atoms with E-state index in [2.05, 4.69) is 0 Å². The maximum atomic E-state index is 13.4. The molecular weight excluding hydrogens is 258 g/mol. The zero-order chi connectivity index (χ0) is 14.5. The maximum absolute atomic E-state index is 13.4. The highest BCUT2D eigenvalue weighted by Crippen LogP contribution is 2.34. The Labute approximate surface area is 118 Å². The van der Waals surface area contributed by atoms with Gasteiger partial charge in [0.2, 0.25) is 0 Å². The fraction of sp³-hybridized carbons (Fsp3) is 0.294. The molecule has 0 aliphatic rings. The normalized spacial score (nSPS) is 12.2. The van der Waals surface area contributed by atoms with Crippen LogP contribution in [0.5, 0.6) is 5.75 Å². The van der Waals surface area contributed by atoms with Gasteiger partial charge >= 0.3 is 0 Å². The van der Waals surface area contributed by atoms with Crippen LogP contribution in [0.15, 0.2) is 42.5 Å². The first-order valence-electron chi connectivity index (χ1n) is 6.83. The molecule has 0 spiro atoms. The molecule has 0 saturated carbocycles. The van der Waals surface area contributed by atoms with Gasteiger partial charge in [-0.15, -0.1) is 0 Å². The van der Waals surface area contributed by atoms with Gasteiger partial charge in [-0.05, 0) is 37.1 Å². The molecule has 106 valence electrons. The van der Waals surface area contributed by atoms with Gasteiger partial charge in [-0.2, -0.15) is 0 Å². The van der Waals surface area contributed by atoms with E-state index in [9.17, 15) is 8.78 Å². The molecule has 20 heavy (non-hydrogen) atoms. The van der Waals surface area contributed by atoms with Crippen molar-refractivity contribution in [2.45, 2.75) is 26.2 Å². The summed E-state index contributed by atoms with van der Waals surface area (Å²) in [7, 11) is 0. The SMILES string of the molecule is CCOc1cc(F)ccc1C(CC)c1ccc(F)cc1. The van der Waals surface area contributed by atoms with E-state index in [1.807, 2.05) is 13.8 Å². The molecule has 3 heteroatoms. The second-order valence-corrected chi connectivity index (χ2v) is 4.63. The molecule has 0 heterocycles. The minimum atomic E-state index is -0.314. The van der Waals surface area contributed by atoms with Gasteiger partial charge < -0.3 is 4.74 Å². The van der Waals surface area contributed by atoms with E-state index >= 15 is 0 Å². The van der Waals surface area contributed by atoms with Crippen LogP contribution in [0, 0.1) is 11.6 Å². The predicted molar refractivity (Wildman–Crippen MR) is 76.1 cm³/mol. The summed E-state index contributed by atoms with van der Waals surface area (Å²) in [5, 5.41) is 0. The highest BCUT2D eigenvalue weighted by Gasteiger charge is 2.17. The minimum Gasteiger partial charge on any atom is -0.493 e. The van der Waals surface area contributed by atoms with Crippen LogP contribution in [-0.4, -0.2) is 6.61 Å². The van der Waals surface area contributed by atoms with Gasteiger partial charge in [0.25, 0.3) is 0 Å². The highest BCUT2D eigenvalue weighted by atomic mass is 19.1. The molecule has 2 aromatic rings. The van der Waals surface area contributed by atoms with E-state index in [4.69, 9.17) is 4.74 Å². The standard InChI is InChI=1S/C17H18F2O/c1-3-15(12-5-7-13(18)8-6-12)16-10-9-14(19)11-17(16)20-4-2/h5-11,15H,3-4H2,1-2H3. The fourth-order valence-electron chi connectivity index (χ4n) is 2.41. The summed E-state index contributed by atoms with van der Waals surface area (Å²) in [4.78, 5) is 0. The fourth-order valence-corrected chi connectivity index (χ4v) is 2.41. The van der Waals surface area contributed by atoms with Crippen LogP contribution in [0.4, 0.5) is 8.78 Å². The Balaban J connectivity index is 2.43. The van der Waals surface area contributed by atoms with Crippen LogP contribution in [0.2, 0.25) is 0 Å². The average molecular weight is 276 g/mol. The number of hydrogen-bond acceptors (Lipinski definition) is 1. The molecule has 0 radical (unpaired) electrons. The number of benzene rings is 2. The lowest BCUT2D eigenvalue weighted by Gasteiger charge is -2.19. The molecule has 2 aromatic carbocycles. The van der Waals surface area contributed by atoms with Crippen molar-refractivity contribution in [3.05, 3.63) is 65.2 Å². The summed E-state index contributed by atoms with van der Waals surface area (Å²) in [6.45, 7) is 4.40. The van der Waals surface area contributed by atoms with Crippen LogP contribution < -0.4 is 4.74 Å². The van der Waals surface area contributed by atoms with Crippen LogP contribution >= 0.6 is 0 Å². The van der Waals surface area contributed by atoms with Gasteiger partial charge in [-0.25, -0.2) is 8.78 Å². The third kappa shape index (κ3) is 3.16. The van der Waals surface area contributed by atoms with Gasteiger partial charge in [-0.3, -0.25) is 0 Å². The molecule has 1 atom stereocenters. The van der Waals surface area contributed by atoms with Gasteiger partial charge in [0.15, 0.2) is 0 Å². The van der Waals surface area contributed by atoms with E-state index in [0.717, 1.165) is 17.5 Å². The minimum absolute atomic E-state index is 0.0674. The van der Waals surface area contributed by atoms with Crippen LogP contribution in [0.3, 0.4) is 0 Å². The van der Waals surface area contributed by atoms with Crippen molar-refractivity contribution in [1.29, 1.82) is 0 Å². The van der Waals surface area contributed by atoms with Crippen LogP contribution in [-0.2, 0) is 0 Å². The zero-order valence-electron chi connectivity index (χ0n) is 11.7. The summed E-state index contributed by atoms with van der Waals surface area (Å²) >= 11 is 0. The number of rotatable bonds is 5. The predicted octanol–water partition coefficient (Wildman–Crippen LogP) is 4.91. The van der Waals surface area contributed by atoms with E-state index in [1.165, 1.54) is 24.3 Å². The Morgan fingerprint density at radius 1 is 0.950 bits per heavy atom. The molecule has 0 aliphatic heterocycles. The van der Waals surface area contributed by atoms with Gasteiger partial charge in [0.05, 0.1) is 6.61 Å². The van der Waals surface area contributed by atoms with Crippen molar-refractivity contribution in [3.8, 4) is 5.75 Å². The van der Waals surface area contributed by atoms with Crippen molar-refractivity contribution in [1.82, 2.24) is 0 Å². The molecule has 0 aromatic heterocycles. The molecule has 2 rings (SSSR count). The van der Waals surface area contributed by atoms with Crippen molar-refractivity contribution in [3.63, 3.8) is 0 Å². The van der Waals surface area contributed by atoms with E-state index < -0.39 is 0 Å². The average Bonchev–Trinajstić information content (AvgIpc) is 2.44. The third-order valence-corrected chi connectivity index (χ3v) is 3.33. The Morgan fingerprint density at radius 3 is 2.20 bits per heavy atom. The smallest absolute Gasteiger partial charge is 0.126 e. The maximum Gasteiger partial charge on any atom is 0.126 e. The van der Waals surface area contributed by atoms with E-state index in [-0.39, 0.29) is 17.6 Å². The summed E-state index contributed by atoms with van der Waals surface area (Å²) < 4.78 is 31.9. The van der Waals surface area contributed by atoms with Crippen molar-refractivity contribution < 1.29 is 13.5 Å². The quantitative estimate of drug-likeness (QED) is 0.754. The van der Waals surface area contributed by atoms with Crippen LogP contribution in [0.25, 0.3) is 0 Å². The molecule has 1 nitrogen and oxygen atoms in total. The molecule has 0 fully saturated rings. The lowest BCUT2D eigenvalue weighted by Crippen LogP contribution is -2.04. The first-order chi connectivity index (χ1) is 9.65. The molecule has 0 saturated heterocycles. The largest absolute Gasteiger partial charge is 0.493 e. The molecule has 0 N–H and O–H groups in total. The lowest BCUT2D eigenvalue weighted by atomic mass is 9.88. The Hall–Kier alpha value is -1.90. The molecule has 0 amide bonds. The highest BCUT2D eigenvalue weighted by molar-refractivity contribution is 5.42. The van der Waals surface area contributed by atoms with Gasteiger partial charge in [-0.1, -0.05) is 25.1 Å². The summed E-state index contributed by atoms with van der Waals surface area (Å²) in [6.07, 6.45) is 0.831.